The average molecular weight is 213 g/mol. The van der Waals surface area contributed by atoms with E-state index in [1.807, 2.05) is 18.2 Å². The van der Waals surface area contributed by atoms with Crippen molar-refractivity contribution >= 4 is 17.0 Å². The Kier molecular flexibility index (Phi) is 2.65. The molecule has 1 heterocycles. The standard InChI is InChI=1S/C13H11NO2/c1-3-10-5-6-12-11(9-10)7-8-14(12)13(15)16-4-2/h1,5-9H,4H2,2H3. The number of carbonyl (C=O) groups is 1. The molecule has 16 heavy (non-hydrogen) atoms. The van der Waals surface area contributed by atoms with Gasteiger partial charge in [-0.2, -0.15) is 0 Å². The summed E-state index contributed by atoms with van der Waals surface area (Å²) in [6, 6.07) is 7.33. The van der Waals surface area contributed by atoms with Crippen LogP contribution in [0.15, 0.2) is 30.5 Å². The summed E-state index contributed by atoms with van der Waals surface area (Å²) in [7, 11) is 0. The van der Waals surface area contributed by atoms with Crippen molar-refractivity contribution in [1.29, 1.82) is 0 Å². The van der Waals surface area contributed by atoms with Gasteiger partial charge < -0.3 is 4.74 Å². The third-order valence-electron chi connectivity index (χ3n) is 2.32. The summed E-state index contributed by atoms with van der Waals surface area (Å²) in [5, 5.41) is 0.934. The Morgan fingerprint density at radius 1 is 1.50 bits per heavy atom. The highest BCUT2D eigenvalue weighted by Gasteiger charge is 2.08. The van der Waals surface area contributed by atoms with Crippen LogP contribution >= 0.6 is 0 Å². The van der Waals surface area contributed by atoms with Crippen LogP contribution in [0.5, 0.6) is 0 Å². The molecule has 0 saturated carbocycles. The molecule has 2 aromatic rings. The molecule has 0 amide bonds. The van der Waals surface area contributed by atoms with E-state index in [0.717, 1.165) is 16.5 Å². The number of benzene rings is 1. The first kappa shape index (κ1) is 10.3. The molecule has 0 atom stereocenters. The van der Waals surface area contributed by atoms with Gasteiger partial charge in [0.25, 0.3) is 0 Å². The lowest BCUT2D eigenvalue weighted by Crippen LogP contribution is -2.11. The number of hydrogen-bond donors (Lipinski definition) is 0. The minimum atomic E-state index is -0.369. The largest absolute Gasteiger partial charge is 0.449 e. The molecule has 0 spiro atoms. The number of rotatable bonds is 1. The van der Waals surface area contributed by atoms with Crippen molar-refractivity contribution in [2.24, 2.45) is 0 Å². The van der Waals surface area contributed by atoms with E-state index in [2.05, 4.69) is 5.92 Å². The first-order valence-electron chi connectivity index (χ1n) is 5.01. The molecule has 3 nitrogen and oxygen atoms in total. The summed E-state index contributed by atoms with van der Waals surface area (Å²) in [4.78, 5) is 11.6. The fourth-order valence-electron chi connectivity index (χ4n) is 1.58. The molecule has 0 N–H and O–H groups in total. The topological polar surface area (TPSA) is 31.2 Å². The molecule has 0 saturated heterocycles. The Balaban J connectivity index is 2.50. The lowest BCUT2D eigenvalue weighted by atomic mass is 10.2. The molecular weight excluding hydrogens is 202 g/mol. The van der Waals surface area contributed by atoms with E-state index in [-0.39, 0.29) is 6.09 Å². The van der Waals surface area contributed by atoms with Gasteiger partial charge in [0, 0.05) is 17.1 Å². The molecule has 1 aromatic heterocycles. The van der Waals surface area contributed by atoms with Gasteiger partial charge in [-0.25, -0.2) is 4.79 Å². The summed E-state index contributed by atoms with van der Waals surface area (Å²) in [5.41, 5.74) is 1.60. The molecule has 0 aliphatic carbocycles. The van der Waals surface area contributed by atoms with Gasteiger partial charge in [-0.3, -0.25) is 4.57 Å². The molecule has 0 aliphatic rings. The summed E-state index contributed by atoms with van der Waals surface area (Å²) in [5.74, 6) is 2.56. The zero-order valence-corrected chi connectivity index (χ0v) is 8.93. The second-order valence-corrected chi connectivity index (χ2v) is 3.30. The van der Waals surface area contributed by atoms with Gasteiger partial charge in [-0.15, -0.1) is 6.42 Å². The average Bonchev–Trinajstić information content (AvgIpc) is 2.71. The van der Waals surface area contributed by atoms with Gasteiger partial charge in [0.15, 0.2) is 0 Å². The molecule has 0 fully saturated rings. The minimum Gasteiger partial charge on any atom is -0.449 e. The van der Waals surface area contributed by atoms with E-state index < -0.39 is 0 Å². The third kappa shape index (κ3) is 1.66. The fraction of sp³-hybridized carbons (Fsp3) is 0.154. The molecule has 0 bridgehead atoms. The number of carbonyl (C=O) groups excluding carboxylic acids is 1. The van der Waals surface area contributed by atoms with Crippen LogP contribution in [0.25, 0.3) is 10.9 Å². The molecule has 1 aromatic carbocycles. The summed E-state index contributed by atoms with van der Waals surface area (Å²) in [6.07, 6.45) is 6.62. The predicted molar refractivity (Wildman–Crippen MR) is 62.3 cm³/mol. The molecule has 80 valence electrons. The zero-order chi connectivity index (χ0) is 11.5. The van der Waals surface area contributed by atoms with Crippen molar-refractivity contribution in [1.82, 2.24) is 4.57 Å². The van der Waals surface area contributed by atoms with Crippen molar-refractivity contribution in [2.45, 2.75) is 6.92 Å². The molecule has 0 radical (unpaired) electrons. The van der Waals surface area contributed by atoms with Crippen LogP contribution in [0, 0.1) is 12.3 Å². The number of fused-ring (bicyclic) bond motifs is 1. The third-order valence-corrected chi connectivity index (χ3v) is 2.32. The molecule has 0 unspecified atom stereocenters. The maximum absolute atomic E-state index is 11.6. The van der Waals surface area contributed by atoms with Crippen LogP contribution < -0.4 is 0 Å². The Labute approximate surface area is 93.6 Å². The van der Waals surface area contributed by atoms with E-state index in [1.165, 1.54) is 4.57 Å². The van der Waals surface area contributed by atoms with Gasteiger partial charge in [-0.1, -0.05) is 5.92 Å². The molecular formula is C13H11NO2. The highest BCUT2D eigenvalue weighted by molar-refractivity contribution is 5.90. The van der Waals surface area contributed by atoms with Crippen LogP contribution in [0.2, 0.25) is 0 Å². The smallest absolute Gasteiger partial charge is 0.418 e. The molecule has 0 aliphatic heterocycles. The van der Waals surface area contributed by atoms with E-state index in [0.29, 0.717) is 6.61 Å². The number of aromatic nitrogens is 1. The van der Waals surface area contributed by atoms with Crippen molar-refractivity contribution < 1.29 is 9.53 Å². The minimum absolute atomic E-state index is 0.362. The lowest BCUT2D eigenvalue weighted by Gasteiger charge is -2.03. The van der Waals surface area contributed by atoms with Gasteiger partial charge >= 0.3 is 6.09 Å². The quantitative estimate of drug-likeness (QED) is 0.682. The van der Waals surface area contributed by atoms with Gasteiger partial charge in [-0.05, 0) is 31.2 Å². The number of nitrogens with zero attached hydrogens (tertiary/aromatic N) is 1. The highest BCUT2D eigenvalue weighted by Crippen LogP contribution is 2.17. The maximum atomic E-state index is 11.6. The first-order chi connectivity index (χ1) is 7.76. The Hall–Kier alpha value is -2.21. The zero-order valence-electron chi connectivity index (χ0n) is 8.93. The van der Waals surface area contributed by atoms with Gasteiger partial charge in [0.05, 0.1) is 12.1 Å². The number of ether oxygens (including phenoxy) is 1. The van der Waals surface area contributed by atoms with E-state index in [4.69, 9.17) is 11.2 Å². The van der Waals surface area contributed by atoms with Crippen molar-refractivity contribution in [3.8, 4) is 12.3 Å². The van der Waals surface area contributed by atoms with E-state index in [1.54, 1.807) is 19.2 Å². The molecule has 2 rings (SSSR count). The number of terminal acetylenes is 1. The van der Waals surface area contributed by atoms with Crippen LogP contribution in [0.1, 0.15) is 12.5 Å². The lowest BCUT2D eigenvalue weighted by molar-refractivity contribution is 0.155. The maximum Gasteiger partial charge on any atom is 0.418 e. The summed E-state index contributed by atoms with van der Waals surface area (Å²) >= 11 is 0. The Bertz CT molecular complexity index is 575. The monoisotopic (exact) mass is 213 g/mol. The Morgan fingerprint density at radius 2 is 2.31 bits per heavy atom. The highest BCUT2D eigenvalue weighted by atomic mass is 16.5. The number of hydrogen-bond acceptors (Lipinski definition) is 2. The summed E-state index contributed by atoms with van der Waals surface area (Å²) < 4.78 is 6.41. The van der Waals surface area contributed by atoms with Crippen molar-refractivity contribution in [3.05, 3.63) is 36.0 Å². The Morgan fingerprint density at radius 3 is 3.00 bits per heavy atom. The summed E-state index contributed by atoms with van der Waals surface area (Å²) in [6.45, 7) is 2.14. The van der Waals surface area contributed by atoms with Crippen LogP contribution in [-0.2, 0) is 4.74 Å². The second-order valence-electron chi connectivity index (χ2n) is 3.30. The van der Waals surface area contributed by atoms with Crippen molar-refractivity contribution in [2.75, 3.05) is 6.61 Å². The SMILES string of the molecule is C#Cc1ccc2c(ccn2C(=O)OCC)c1. The van der Waals surface area contributed by atoms with Crippen molar-refractivity contribution in [3.63, 3.8) is 0 Å². The van der Waals surface area contributed by atoms with Crippen LogP contribution in [-0.4, -0.2) is 17.3 Å². The van der Waals surface area contributed by atoms with E-state index in [9.17, 15) is 4.79 Å². The second kappa shape index (κ2) is 4.11. The van der Waals surface area contributed by atoms with Gasteiger partial charge in [0.2, 0.25) is 0 Å². The van der Waals surface area contributed by atoms with Crippen LogP contribution in [0.3, 0.4) is 0 Å². The fourth-order valence-corrected chi connectivity index (χ4v) is 1.58. The van der Waals surface area contributed by atoms with E-state index >= 15 is 0 Å². The van der Waals surface area contributed by atoms with Crippen LogP contribution in [0.4, 0.5) is 4.79 Å². The predicted octanol–water partition coefficient (Wildman–Crippen LogP) is 2.63. The first-order valence-corrected chi connectivity index (χ1v) is 5.01. The van der Waals surface area contributed by atoms with Gasteiger partial charge in [0.1, 0.15) is 0 Å². The normalized spacial score (nSPS) is 10.0. The molecule has 3 heteroatoms.